The zero-order valence-electron chi connectivity index (χ0n) is 18.1. The van der Waals surface area contributed by atoms with E-state index in [9.17, 15) is 9.59 Å². The highest BCUT2D eigenvalue weighted by Crippen LogP contribution is 2.38. The van der Waals surface area contributed by atoms with Crippen LogP contribution < -0.4 is 21.1 Å². The number of morpholine rings is 1. The number of nitrogens with one attached hydrogen (secondary N) is 2. The molecule has 1 aliphatic carbocycles. The molecule has 0 unspecified atom stereocenters. The molecule has 33 heavy (non-hydrogen) atoms. The molecule has 1 saturated carbocycles. The Morgan fingerprint density at radius 2 is 1.85 bits per heavy atom. The van der Waals surface area contributed by atoms with E-state index in [0.29, 0.717) is 30.6 Å². The predicted molar refractivity (Wildman–Crippen MR) is 124 cm³/mol. The zero-order chi connectivity index (χ0) is 22.6. The first-order valence-corrected chi connectivity index (χ1v) is 11.0. The third-order valence-corrected chi connectivity index (χ3v) is 5.67. The van der Waals surface area contributed by atoms with Gasteiger partial charge in [0.15, 0.2) is 5.82 Å². The molecule has 5 rings (SSSR count). The number of rotatable bonds is 7. The van der Waals surface area contributed by atoms with E-state index < -0.39 is 0 Å². The molecular weight excluding hydrogens is 422 g/mol. The van der Waals surface area contributed by atoms with Crippen molar-refractivity contribution in [2.75, 3.05) is 41.8 Å². The Morgan fingerprint density at radius 3 is 2.58 bits per heavy atom. The minimum Gasteiger partial charge on any atom is -0.378 e. The summed E-state index contributed by atoms with van der Waals surface area (Å²) in [7, 11) is 0. The van der Waals surface area contributed by atoms with Crippen molar-refractivity contribution in [1.29, 1.82) is 0 Å². The number of hydrogen-bond donors (Lipinski definition) is 2. The fraction of sp³-hybridized carbons (Fsp3) is 0.348. The standard InChI is InChI=1S/C23H25N7O3/c31-22(14-30-15-24-20(12-23(30)32)16-1-2-16)27-18-5-3-17(4-6-18)26-21-11-19(13-25-28-21)29-7-9-33-10-8-29/h3-6,11-13,15-16H,1-2,7-10,14H2,(H,26,28)(H,27,31). The number of ether oxygens (including phenoxy) is 1. The maximum Gasteiger partial charge on any atom is 0.254 e. The molecule has 2 N–H and O–H groups in total. The summed E-state index contributed by atoms with van der Waals surface area (Å²) in [6, 6.07) is 10.7. The molecule has 2 aromatic heterocycles. The van der Waals surface area contributed by atoms with Crippen LogP contribution in [0, 0.1) is 0 Å². The van der Waals surface area contributed by atoms with Crippen LogP contribution in [0.2, 0.25) is 0 Å². The van der Waals surface area contributed by atoms with Crippen LogP contribution in [0.25, 0.3) is 0 Å². The average molecular weight is 447 g/mol. The van der Waals surface area contributed by atoms with E-state index >= 15 is 0 Å². The Bertz CT molecular complexity index is 1190. The number of anilines is 4. The van der Waals surface area contributed by atoms with Crippen LogP contribution >= 0.6 is 0 Å². The van der Waals surface area contributed by atoms with Crippen molar-refractivity contribution in [1.82, 2.24) is 19.7 Å². The highest BCUT2D eigenvalue weighted by Gasteiger charge is 2.25. The van der Waals surface area contributed by atoms with Gasteiger partial charge in [-0.1, -0.05) is 0 Å². The molecule has 10 nitrogen and oxygen atoms in total. The highest BCUT2D eigenvalue weighted by molar-refractivity contribution is 5.90. The van der Waals surface area contributed by atoms with E-state index in [4.69, 9.17) is 4.74 Å². The molecule has 1 saturated heterocycles. The van der Waals surface area contributed by atoms with Gasteiger partial charge in [0.25, 0.3) is 5.56 Å². The third kappa shape index (κ3) is 5.35. The zero-order valence-corrected chi connectivity index (χ0v) is 18.1. The Hall–Kier alpha value is -3.79. The molecule has 0 atom stereocenters. The molecule has 2 fully saturated rings. The van der Waals surface area contributed by atoms with Crippen molar-refractivity contribution >= 4 is 28.8 Å². The molecule has 0 radical (unpaired) electrons. The molecule has 10 heteroatoms. The van der Waals surface area contributed by atoms with Crippen molar-refractivity contribution in [3.8, 4) is 0 Å². The number of benzene rings is 1. The largest absolute Gasteiger partial charge is 0.378 e. The molecule has 0 spiro atoms. The van der Waals surface area contributed by atoms with Gasteiger partial charge in [0.1, 0.15) is 6.54 Å². The van der Waals surface area contributed by atoms with Crippen LogP contribution in [-0.2, 0) is 16.1 Å². The number of carbonyl (C=O) groups excluding carboxylic acids is 1. The lowest BCUT2D eigenvalue weighted by Gasteiger charge is -2.28. The number of carbonyl (C=O) groups is 1. The smallest absolute Gasteiger partial charge is 0.254 e. The summed E-state index contributed by atoms with van der Waals surface area (Å²) in [6.07, 6.45) is 5.35. The van der Waals surface area contributed by atoms with Crippen molar-refractivity contribution in [2.45, 2.75) is 25.3 Å². The van der Waals surface area contributed by atoms with Gasteiger partial charge in [-0.15, -0.1) is 5.10 Å². The number of hydrogen-bond acceptors (Lipinski definition) is 8. The molecule has 2 aliphatic rings. The van der Waals surface area contributed by atoms with Gasteiger partial charge in [0.2, 0.25) is 5.91 Å². The maximum absolute atomic E-state index is 12.4. The number of nitrogens with zero attached hydrogens (tertiary/aromatic N) is 5. The lowest BCUT2D eigenvalue weighted by atomic mass is 10.2. The first-order chi connectivity index (χ1) is 16.1. The monoisotopic (exact) mass is 447 g/mol. The van der Waals surface area contributed by atoms with E-state index in [1.54, 1.807) is 18.3 Å². The lowest BCUT2D eigenvalue weighted by Crippen LogP contribution is -2.36. The summed E-state index contributed by atoms with van der Waals surface area (Å²) in [4.78, 5) is 31.1. The van der Waals surface area contributed by atoms with E-state index in [2.05, 4.69) is 30.7 Å². The van der Waals surface area contributed by atoms with Gasteiger partial charge in [-0.2, -0.15) is 5.10 Å². The summed E-state index contributed by atoms with van der Waals surface area (Å²) in [5.41, 5.74) is 3.06. The van der Waals surface area contributed by atoms with Crippen LogP contribution in [0.5, 0.6) is 0 Å². The molecule has 3 aromatic rings. The second-order valence-electron chi connectivity index (χ2n) is 8.20. The highest BCUT2D eigenvalue weighted by atomic mass is 16.5. The van der Waals surface area contributed by atoms with E-state index in [1.807, 2.05) is 18.2 Å². The fourth-order valence-electron chi connectivity index (χ4n) is 3.71. The lowest BCUT2D eigenvalue weighted by molar-refractivity contribution is -0.116. The van der Waals surface area contributed by atoms with Crippen LogP contribution in [0.15, 0.2) is 53.7 Å². The van der Waals surface area contributed by atoms with Crippen LogP contribution in [0.4, 0.5) is 22.9 Å². The summed E-state index contributed by atoms with van der Waals surface area (Å²) in [5.74, 6) is 0.751. The van der Waals surface area contributed by atoms with Gasteiger partial charge in [-0.05, 0) is 37.1 Å². The van der Waals surface area contributed by atoms with Gasteiger partial charge >= 0.3 is 0 Å². The number of aromatic nitrogens is 4. The van der Waals surface area contributed by atoms with Crippen LogP contribution in [0.3, 0.4) is 0 Å². The van der Waals surface area contributed by atoms with Crippen molar-refractivity contribution in [3.63, 3.8) is 0 Å². The Morgan fingerprint density at radius 1 is 1.09 bits per heavy atom. The van der Waals surface area contributed by atoms with Crippen molar-refractivity contribution in [2.24, 2.45) is 0 Å². The maximum atomic E-state index is 12.4. The van der Waals surface area contributed by atoms with Crippen molar-refractivity contribution < 1.29 is 9.53 Å². The minimum atomic E-state index is -0.289. The van der Waals surface area contributed by atoms with Gasteiger partial charge in [0, 0.05) is 42.5 Å². The molecule has 1 aromatic carbocycles. The quantitative estimate of drug-likeness (QED) is 0.566. The molecule has 0 bridgehead atoms. The Labute approximate surface area is 190 Å². The van der Waals surface area contributed by atoms with Crippen molar-refractivity contribution in [3.05, 3.63) is 65.0 Å². The second-order valence-corrected chi connectivity index (χ2v) is 8.20. The molecule has 3 heterocycles. The summed E-state index contributed by atoms with van der Waals surface area (Å²) in [5, 5.41) is 14.3. The summed E-state index contributed by atoms with van der Waals surface area (Å²) in [6.45, 7) is 2.98. The van der Waals surface area contributed by atoms with E-state index in [-0.39, 0.29) is 18.0 Å². The third-order valence-electron chi connectivity index (χ3n) is 5.67. The van der Waals surface area contributed by atoms with Crippen LogP contribution in [-0.4, -0.2) is 52.0 Å². The topological polar surface area (TPSA) is 114 Å². The van der Waals surface area contributed by atoms with E-state index in [1.165, 1.54) is 17.0 Å². The van der Waals surface area contributed by atoms with Gasteiger partial charge < -0.3 is 20.3 Å². The first-order valence-electron chi connectivity index (χ1n) is 11.0. The fourth-order valence-corrected chi connectivity index (χ4v) is 3.71. The number of amides is 1. The predicted octanol–water partition coefficient (Wildman–Crippen LogP) is 2.13. The minimum absolute atomic E-state index is 0.0826. The first kappa shape index (κ1) is 21.1. The van der Waals surface area contributed by atoms with Gasteiger partial charge in [0.05, 0.1) is 37.1 Å². The average Bonchev–Trinajstić information content (AvgIpc) is 3.68. The van der Waals surface area contributed by atoms with Gasteiger partial charge in [-0.25, -0.2) is 4.98 Å². The molecular formula is C23H25N7O3. The van der Waals surface area contributed by atoms with Crippen LogP contribution in [0.1, 0.15) is 24.5 Å². The Balaban J connectivity index is 1.18. The SMILES string of the molecule is O=C(Cn1cnc(C2CC2)cc1=O)Nc1ccc(Nc2cc(N3CCOCC3)cnn2)cc1. The van der Waals surface area contributed by atoms with Gasteiger partial charge in [-0.3, -0.25) is 14.2 Å². The second kappa shape index (κ2) is 9.37. The molecule has 1 amide bonds. The normalized spacial score (nSPS) is 15.8. The van der Waals surface area contributed by atoms with E-state index in [0.717, 1.165) is 43.0 Å². The Kier molecular flexibility index (Phi) is 5.99. The molecule has 170 valence electrons. The molecule has 1 aliphatic heterocycles. The summed E-state index contributed by atoms with van der Waals surface area (Å²) >= 11 is 0. The summed E-state index contributed by atoms with van der Waals surface area (Å²) < 4.78 is 6.71.